The van der Waals surface area contributed by atoms with E-state index in [0.717, 1.165) is 70.3 Å². The Labute approximate surface area is 167 Å². The molecule has 3 aliphatic heterocycles. The number of carbonyl (C=O) groups excluding carboxylic acids is 2. The zero-order valence-corrected chi connectivity index (χ0v) is 17.0. The van der Waals surface area contributed by atoms with Crippen molar-refractivity contribution in [2.45, 2.75) is 45.4 Å². The smallest absolute Gasteiger partial charge is 0.255 e. The van der Waals surface area contributed by atoms with Gasteiger partial charge in [-0.15, -0.1) is 0 Å². The molecule has 3 saturated heterocycles. The van der Waals surface area contributed by atoms with Crippen LogP contribution in [0.25, 0.3) is 0 Å². The van der Waals surface area contributed by atoms with Crippen molar-refractivity contribution >= 4 is 17.6 Å². The van der Waals surface area contributed by atoms with Gasteiger partial charge in [0.1, 0.15) is 5.82 Å². The predicted molar refractivity (Wildman–Crippen MR) is 109 cm³/mol. The summed E-state index contributed by atoms with van der Waals surface area (Å²) in [6, 6.07) is 3.92. The second kappa shape index (κ2) is 8.50. The Morgan fingerprint density at radius 3 is 2.43 bits per heavy atom. The van der Waals surface area contributed by atoms with Crippen molar-refractivity contribution < 1.29 is 9.59 Å². The molecule has 1 aromatic rings. The van der Waals surface area contributed by atoms with Crippen molar-refractivity contribution in [3.05, 3.63) is 23.9 Å². The molecule has 0 saturated carbocycles. The number of anilines is 1. The van der Waals surface area contributed by atoms with E-state index < -0.39 is 0 Å². The van der Waals surface area contributed by atoms with E-state index in [1.165, 1.54) is 12.8 Å². The Hall–Kier alpha value is -2.11. The summed E-state index contributed by atoms with van der Waals surface area (Å²) in [4.78, 5) is 35.5. The first-order chi connectivity index (χ1) is 13.6. The second-order valence-corrected chi connectivity index (χ2v) is 8.75. The third kappa shape index (κ3) is 4.31. The van der Waals surface area contributed by atoms with E-state index in [9.17, 15) is 9.59 Å². The zero-order chi connectivity index (χ0) is 19.5. The van der Waals surface area contributed by atoms with E-state index in [1.807, 2.05) is 21.9 Å². The van der Waals surface area contributed by atoms with Gasteiger partial charge in [-0.25, -0.2) is 4.98 Å². The maximum atomic E-state index is 12.8. The van der Waals surface area contributed by atoms with Crippen molar-refractivity contribution in [1.29, 1.82) is 0 Å². The first kappa shape index (κ1) is 19.2. The van der Waals surface area contributed by atoms with E-state index >= 15 is 0 Å². The molecule has 0 atom stereocenters. The van der Waals surface area contributed by atoms with Crippen LogP contribution >= 0.6 is 0 Å². The molecular formula is C22H32N4O2. The molecule has 6 nitrogen and oxygen atoms in total. The monoisotopic (exact) mass is 384 g/mol. The van der Waals surface area contributed by atoms with Gasteiger partial charge in [0.25, 0.3) is 5.91 Å². The molecule has 2 amide bonds. The summed E-state index contributed by atoms with van der Waals surface area (Å²) < 4.78 is 0. The molecule has 6 heteroatoms. The van der Waals surface area contributed by atoms with Crippen LogP contribution in [-0.4, -0.2) is 65.9 Å². The van der Waals surface area contributed by atoms with Crippen LogP contribution in [0.4, 0.5) is 5.82 Å². The molecule has 28 heavy (non-hydrogen) atoms. The Morgan fingerprint density at radius 2 is 1.82 bits per heavy atom. The number of amides is 2. The van der Waals surface area contributed by atoms with E-state index in [2.05, 4.69) is 16.8 Å². The molecule has 0 aliphatic carbocycles. The highest BCUT2D eigenvalue weighted by atomic mass is 16.2. The van der Waals surface area contributed by atoms with Crippen LogP contribution in [0.2, 0.25) is 0 Å². The normalized spacial score (nSPS) is 22.2. The van der Waals surface area contributed by atoms with Gasteiger partial charge in [-0.1, -0.05) is 6.92 Å². The van der Waals surface area contributed by atoms with E-state index in [1.54, 1.807) is 6.20 Å². The molecule has 0 spiro atoms. The predicted octanol–water partition coefficient (Wildman–Crippen LogP) is 2.79. The molecule has 3 fully saturated rings. The lowest BCUT2D eigenvalue weighted by Crippen LogP contribution is -2.42. The number of likely N-dealkylation sites (tertiary alicyclic amines) is 2. The Morgan fingerprint density at radius 1 is 1.07 bits per heavy atom. The highest BCUT2D eigenvalue weighted by Gasteiger charge is 2.28. The molecule has 0 unspecified atom stereocenters. The summed E-state index contributed by atoms with van der Waals surface area (Å²) >= 11 is 0. The van der Waals surface area contributed by atoms with Gasteiger partial charge in [0.2, 0.25) is 5.91 Å². The van der Waals surface area contributed by atoms with Gasteiger partial charge in [-0.2, -0.15) is 0 Å². The average molecular weight is 385 g/mol. The molecule has 4 rings (SSSR count). The molecule has 0 bridgehead atoms. The standard InChI is InChI=1S/C22H32N4O2/c1-17-6-11-24(12-7-17)20-5-4-19(15-23-20)22(28)25-13-8-18(9-14-25)16-26-10-2-3-21(26)27/h4-5,15,17-18H,2-3,6-14,16H2,1H3. The Balaban J connectivity index is 1.28. The third-order valence-corrected chi connectivity index (χ3v) is 6.65. The first-order valence-electron chi connectivity index (χ1n) is 10.9. The SMILES string of the molecule is CC1CCN(c2ccc(C(=O)N3CCC(CN4CCCC4=O)CC3)cn2)CC1. The van der Waals surface area contributed by atoms with Gasteiger partial charge in [0.15, 0.2) is 0 Å². The van der Waals surface area contributed by atoms with Gasteiger partial charge in [0.05, 0.1) is 5.56 Å². The summed E-state index contributed by atoms with van der Waals surface area (Å²) in [7, 11) is 0. The summed E-state index contributed by atoms with van der Waals surface area (Å²) in [6.45, 7) is 7.73. The summed E-state index contributed by atoms with van der Waals surface area (Å²) in [5.74, 6) is 2.68. The highest BCUT2D eigenvalue weighted by Crippen LogP contribution is 2.24. The zero-order valence-electron chi connectivity index (χ0n) is 17.0. The molecule has 1 aromatic heterocycles. The number of hydrogen-bond donors (Lipinski definition) is 0. The summed E-state index contributed by atoms with van der Waals surface area (Å²) in [5, 5.41) is 0. The number of carbonyl (C=O) groups is 2. The topological polar surface area (TPSA) is 56.8 Å². The Kier molecular flexibility index (Phi) is 5.83. The van der Waals surface area contributed by atoms with Gasteiger partial charge in [-0.3, -0.25) is 9.59 Å². The quantitative estimate of drug-likeness (QED) is 0.801. The summed E-state index contributed by atoms with van der Waals surface area (Å²) in [5.41, 5.74) is 0.683. The fraction of sp³-hybridized carbons (Fsp3) is 0.682. The molecule has 4 heterocycles. The molecule has 152 valence electrons. The largest absolute Gasteiger partial charge is 0.357 e. The maximum absolute atomic E-state index is 12.8. The van der Waals surface area contributed by atoms with Crippen molar-refractivity contribution in [2.75, 3.05) is 44.2 Å². The average Bonchev–Trinajstić information content (AvgIpc) is 3.13. The molecule has 0 aromatic carbocycles. The summed E-state index contributed by atoms with van der Waals surface area (Å²) in [6.07, 6.45) is 7.82. The van der Waals surface area contributed by atoms with Crippen molar-refractivity contribution in [3.63, 3.8) is 0 Å². The van der Waals surface area contributed by atoms with E-state index in [-0.39, 0.29) is 5.91 Å². The molecular weight excluding hydrogens is 352 g/mol. The number of rotatable bonds is 4. The molecule has 3 aliphatic rings. The number of nitrogens with zero attached hydrogens (tertiary/aromatic N) is 4. The van der Waals surface area contributed by atoms with Crippen LogP contribution < -0.4 is 4.90 Å². The number of hydrogen-bond acceptors (Lipinski definition) is 4. The highest BCUT2D eigenvalue weighted by molar-refractivity contribution is 5.94. The maximum Gasteiger partial charge on any atom is 0.255 e. The van der Waals surface area contributed by atoms with Crippen LogP contribution in [0.5, 0.6) is 0 Å². The Bertz CT molecular complexity index is 689. The van der Waals surface area contributed by atoms with Crippen molar-refractivity contribution in [1.82, 2.24) is 14.8 Å². The second-order valence-electron chi connectivity index (χ2n) is 8.75. The minimum absolute atomic E-state index is 0.0852. The van der Waals surface area contributed by atoms with Gasteiger partial charge < -0.3 is 14.7 Å². The van der Waals surface area contributed by atoms with E-state index in [4.69, 9.17) is 0 Å². The minimum Gasteiger partial charge on any atom is -0.357 e. The van der Waals surface area contributed by atoms with Crippen molar-refractivity contribution in [2.24, 2.45) is 11.8 Å². The van der Waals surface area contributed by atoms with Crippen LogP contribution in [0.1, 0.15) is 55.8 Å². The number of piperidine rings is 2. The lowest BCUT2D eigenvalue weighted by molar-refractivity contribution is -0.128. The fourth-order valence-electron chi connectivity index (χ4n) is 4.65. The lowest BCUT2D eigenvalue weighted by atomic mass is 9.96. The van der Waals surface area contributed by atoms with E-state index in [0.29, 0.717) is 23.8 Å². The van der Waals surface area contributed by atoms with Crippen LogP contribution in [0.3, 0.4) is 0 Å². The molecule has 0 radical (unpaired) electrons. The number of aromatic nitrogens is 1. The lowest BCUT2D eigenvalue weighted by Gasteiger charge is -2.34. The fourth-order valence-corrected chi connectivity index (χ4v) is 4.65. The van der Waals surface area contributed by atoms with Crippen LogP contribution in [-0.2, 0) is 4.79 Å². The third-order valence-electron chi connectivity index (χ3n) is 6.65. The first-order valence-corrected chi connectivity index (χ1v) is 10.9. The van der Waals surface area contributed by atoms with Gasteiger partial charge in [-0.05, 0) is 56.1 Å². The van der Waals surface area contributed by atoms with Gasteiger partial charge >= 0.3 is 0 Å². The van der Waals surface area contributed by atoms with Crippen LogP contribution in [0, 0.1) is 11.8 Å². The van der Waals surface area contributed by atoms with Crippen molar-refractivity contribution in [3.8, 4) is 0 Å². The molecule has 0 N–H and O–H groups in total. The number of pyridine rings is 1. The van der Waals surface area contributed by atoms with Crippen LogP contribution in [0.15, 0.2) is 18.3 Å². The van der Waals surface area contributed by atoms with Gasteiger partial charge in [0, 0.05) is 51.9 Å². The minimum atomic E-state index is 0.0852.